The van der Waals surface area contributed by atoms with E-state index in [2.05, 4.69) is 10.9 Å². The van der Waals surface area contributed by atoms with Gasteiger partial charge in [-0.2, -0.15) is 0 Å². The minimum Gasteiger partial charge on any atom is -0.254 e. The zero-order valence-electron chi connectivity index (χ0n) is 16.9. The Labute approximate surface area is 173 Å². The average molecular weight is 420 g/mol. The molecule has 1 aliphatic rings. The molecule has 2 N–H and O–H groups in total. The van der Waals surface area contributed by atoms with E-state index in [4.69, 9.17) is 0 Å². The number of hydrogen-bond acceptors (Lipinski definition) is 4. The van der Waals surface area contributed by atoms with Gasteiger partial charge in [-0.3, -0.25) is 10.9 Å². The highest BCUT2D eigenvalue weighted by atomic mass is 32.2. The molecule has 2 aromatic carbocycles. The number of benzene rings is 2. The van der Waals surface area contributed by atoms with Crippen LogP contribution in [0.1, 0.15) is 49.3 Å². The van der Waals surface area contributed by atoms with E-state index in [-0.39, 0.29) is 17.6 Å². The number of unbranched alkanes of at least 4 members (excludes halogenated alkanes) is 2. The van der Waals surface area contributed by atoms with Crippen LogP contribution in [0.25, 0.3) is 0 Å². The Morgan fingerprint density at radius 2 is 1.72 bits per heavy atom. The number of halogens is 1. The van der Waals surface area contributed by atoms with Gasteiger partial charge < -0.3 is 0 Å². The number of sulfonamides is 1. The SMILES string of the molecule is CN(CCCCCC1CC(c2ccc(F)cc2)NN1)S(=O)(=O)Cc1ccccc1. The highest BCUT2D eigenvalue weighted by Crippen LogP contribution is 2.24. The van der Waals surface area contributed by atoms with Crippen LogP contribution >= 0.6 is 0 Å². The molecule has 0 bridgehead atoms. The van der Waals surface area contributed by atoms with Crippen molar-refractivity contribution in [1.29, 1.82) is 0 Å². The molecule has 3 rings (SSSR count). The van der Waals surface area contributed by atoms with Crippen LogP contribution in [-0.2, 0) is 15.8 Å². The maximum absolute atomic E-state index is 13.1. The number of hydrogen-bond donors (Lipinski definition) is 2. The van der Waals surface area contributed by atoms with Crippen molar-refractivity contribution >= 4 is 10.0 Å². The number of nitrogens with one attached hydrogen (secondary N) is 2. The fourth-order valence-corrected chi connectivity index (χ4v) is 4.90. The van der Waals surface area contributed by atoms with Crippen molar-refractivity contribution in [2.45, 2.75) is 49.9 Å². The third kappa shape index (κ3) is 6.60. The maximum Gasteiger partial charge on any atom is 0.218 e. The van der Waals surface area contributed by atoms with Crippen molar-refractivity contribution in [1.82, 2.24) is 15.2 Å². The lowest BCUT2D eigenvalue weighted by molar-refractivity contribution is 0.437. The summed E-state index contributed by atoms with van der Waals surface area (Å²) in [4.78, 5) is 0. The monoisotopic (exact) mass is 419 g/mol. The number of rotatable bonds is 10. The molecule has 0 saturated carbocycles. The maximum atomic E-state index is 13.1. The van der Waals surface area contributed by atoms with Crippen LogP contribution in [0.15, 0.2) is 54.6 Å². The third-order valence-corrected chi connectivity index (χ3v) is 7.28. The second-order valence-electron chi connectivity index (χ2n) is 7.74. The van der Waals surface area contributed by atoms with E-state index in [9.17, 15) is 12.8 Å². The largest absolute Gasteiger partial charge is 0.254 e. The average Bonchev–Trinajstić information content (AvgIpc) is 3.17. The molecule has 1 aliphatic heterocycles. The molecule has 0 spiro atoms. The molecule has 158 valence electrons. The first-order valence-corrected chi connectivity index (χ1v) is 11.8. The summed E-state index contributed by atoms with van der Waals surface area (Å²) in [5, 5.41) is 0. The van der Waals surface area contributed by atoms with E-state index in [0.29, 0.717) is 12.6 Å². The van der Waals surface area contributed by atoms with Gasteiger partial charge >= 0.3 is 0 Å². The highest BCUT2D eigenvalue weighted by Gasteiger charge is 2.24. The summed E-state index contributed by atoms with van der Waals surface area (Å²) < 4.78 is 39.4. The van der Waals surface area contributed by atoms with Gasteiger partial charge in [0.2, 0.25) is 10.0 Å². The molecule has 0 aromatic heterocycles. The first-order valence-electron chi connectivity index (χ1n) is 10.2. The van der Waals surface area contributed by atoms with Crippen LogP contribution in [0.5, 0.6) is 0 Å². The summed E-state index contributed by atoms with van der Waals surface area (Å²) in [6, 6.07) is 16.5. The van der Waals surface area contributed by atoms with Crippen molar-refractivity contribution in [3.8, 4) is 0 Å². The Kier molecular flexibility index (Phi) is 7.77. The smallest absolute Gasteiger partial charge is 0.218 e. The molecule has 2 aromatic rings. The van der Waals surface area contributed by atoms with Crippen LogP contribution in [0.2, 0.25) is 0 Å². The van der Waals surface area contributed by atoms with Crippen molar-refractivity contribution in [3.05, 3.63) is 71.5 Å². The summed E-state index contributed by atoms with van der Waals surface area (Å²) in [6.45, 7) is 0.545. The molecule has 2 atom stereocenters. The van der Waals surface area contributed by atoms with E-state index >= 15 is 0 Å². The van der Waals surface area contributed by atoms with Gasteiger partial charge in [0.05, 0.1) is 5.75 Å². The van der Waals surface area contributed by atoms with Gasteiger partial charge in [-0.15, -0.1) is 0 Å². The van der Waals surface area contributed by atoms with Crippen LogP contribution in [0.3, 0.4) is 0 Å². The lowest BCUT2D eigenvalue weighted by atomic mass is 9.99. The highest BCUT2D eigenvalue weighted by molar-refractivity contribution is 7.88. The molecule has 1 saturated heterocycles. The fraction of sp³-hybridized carbons (Fsp3) is 0.455. The molecule has 2 unspecified atom stereocenters. The van der Waals surface area contributed by atoms with Gasteiger partial charge in [-0.1, -0.05) is 55.3 Å². The lowest BCUT2D eigenvalue weighted by Crippen LogP contribution is -2.31. The van der Waals surface area contributed by atoms with Gasteiger partial charge in [0.15, 0.2) is 0 Å². The normalized spacial score (nSPS) is 19.7. The Morgan fingerprint density at radius 3 is 2.45 bits per heavy atom. The number of nitrogens with zero attached hydrogens (tertiary/aromatic N) is 1. The minimum absolute atomic E-state index is 0.0484. The second-order valence-corrected chi connectivity index (χ2v) is 9.81. The van der Waals surface area contributed by atoms with Gasteiger partial charge in [0.25, 0.3) is 0 Å². The van der Waals surface area contributed by atoms with E-state index in [0.717, 1.165) is 43.2 Å². The van der Waals surface area contributed by atoms with Gasteiger partial charge in [0.1, 0.15) is 5.82 Å². The summed E-state index contributed by atoms with van der Waals surface area (Å²) in [5.41, 5.74) is 8.51. The molecule has 7 heteroatoms. The third-order valence-electron chi connectivity index (χ3n) is 5.45. The zero-order valence-corrected chi connectivity index (χ0v) is 17.7. The van der Waals surface area contributed by atoms with Crippen molar-refractivity contribution < 1.29 is 12.8 Å². The predicted octanol–water partition coefficient (Wildman–Crippen LogP) is 3.76. The van der Waals surface area contributed by atoms with Crippen LogP contribution in [-0.4, -0.2) is 32.4 Å². The molecular weight excluding hydrogens is 389 g/mol. The summed E-state index contributed by atoms with van der Waals surface area (Å²) in [6.07, 6.45) is 4.89. The van der Waals surface area contributed by atoms with E-state index in [1.807, 2.05) is 42.5 Å². The van der Waals surface area contributed by atoms with Crippen molar-refractivity contribution in [3.63, 3.8) is 0 Å². The van der Waals surface area contributed by atoms with Gasteiger partial charge in [0, 0.05) is 25.7 Å². The zero-order chi connectivity index (χ0) is 20.7. The fourth-order valence-electron chi connectivity index (χ4n) is 3.66. The van der Waals surface area contributed by atoms with Crippen LogP contribution in [0.4, 0.5) is 4.39 Å². The Bertz CT molecular complexity index is 859. The molecule has 0 radical (unpaired) electrons. The van der Waals surface area contributed by atoms with E-state index < -0.39 is 10.0 Å². The van der Waals surface area contributed by atoms with E-state index in [1.54, 1.807) is 7.05 Å². The predicted molar refractivity (Wildman–Crippen MR) is 114 cm³/mol. The van der Waals surface area contributed by atoms with Crippen molar-refractivity contribution in [2.24, 2.45) is 0 Å². The van der Waals surface area contributed by atoms with E-state index in [1.165, 1.54) is 16.4 Å². The Hall–Kier alpha value is -1.80. The topological polar surface area (TPSA) is 61.4 Å². The Balaban J connectivity index is 1.33. The van der Waals surface area contributed by atoms with Gasteiger partial charge in [-0.05, 0) is 42.5 Å². The van der Waals surface area contributed by atoms with Gasteiger partial charge in [-0.25, -0.2) is 17.1 Å². The molecule has 5 nitrogen and oxygen atoms in total. The summed E-state index contributed by atoms with van der Waals surface area (Å²) in [7, 11) is -1.61. The molecule has 1 fully saturated rings. The second kappa shape index (κ2) is 10.3. The van der Waals surface area contributed by atoms with Crippen LogP contribution < -0.4 is 10.9 Å². The Morgan fingerprint density at radius 1 is 1.00 bits per heavy atom. The standard InChI is InChI=1S/C22H30FN3O2S/c1-26(29(27,28)17-18-8-4-2-5-9-18)15-7-3-6-10-21-16-22(25-24-21)19-11-13-20(23)14-12-19/h2,4-5,8-9,11-14,21-22,24-25H,3,6-7,10,15-17H2,1H3. The van der Waals surface area contributed by atoms with Crippen LogP contribution in [0, 0.1) is 5.82 Å². The first kappa shape index (κ1) is 21.9. The first-order chi connectivity index (χ1) is 13.9. The van der Waals surface area contributed by atoms with Crippen molar-refractivity contribution in [2.75, 3.05) is 13.6 Å². The molecular formula is C22H30FN3O2S. The quantitative estimate of drug-likeness (QED) is 0.576. The molecule has 1 heterocycles. The minimum atomic E-state index is -3.27. The lowest BCUT2D eigenvalue weighted by Gasteiger charge is -2.17. The molecule has 0 amide bonds. The molecule has 29 heavy (non-hydrogen) atoms. The number of hydrazine groups is 1. The summed E-state index contributed by atoms with van der Waals surface area (Å²) >= 11 is 0. The summed E-state index contributed by atoms with van der Waals surface area (Å²) in [5.74, 6) is -0.167. The molecule has 0 aliphatic carbocycles.